The van der Waals surface area contributed by atoms with E-state index in [-0.39, 0.29) is 5.82 Å². The summed E-state index contributed by atoms with van der Waals surface area (Å²) in [6.45, 7) is 0. The van der Waals surface area contributed by atoms with Crippen molar-refractivity contribution in [1.82, 2.24) is 15.2 Å². The highest BCUT2D eigenvalue weighted by atomic mass is 32.2. The zero-order valence-corrected chi connectivity index (χ0v) is 11.4. The number of hydrogen-bond acceptors (Lipinski definition) is 5. The van der Waals surface area contributed by atoms with E-state index in [1.807, 2.05) is 18.4 Å². The maximum absolute atomic E-state index is 12.9. The van der Waals surface area contributed by atoms with E-state index in [1.165, 1.54) is 30.2 Å². The summed E-state index contributed by atoms with van der Waals surface area (Å²) in [6, 6.07) is 9.68. The van der Waals surface area contributed by atoms with Crippen molar-refractivity contribution in [2.75, 3.05) is 6.26 Å². The Morgan fingerprint density at radius 2 is 1.80 bits per heavy atom. The van der Waals surface area contributed by atoms with Crippen LogP contribution in [0, 0.1) is 5.82 Å². The minimum absolute atomic E-state index is 0.293. The minimum Gasteiger partial charge on any atom is -0.444 e. The van der Waals surface area contributed by atoms with Crippen LogP contribution in [0.25, 0.3) is 22.8 Å². The highest BCUT2D eigenvalue weighted by Crippen LogP contribution is 2.24. The summed E-state index contributed by atoms with van der Waals surface area (Å²) < 4.78 is 18.3. The third-order valence-corrected chi connectivity index (χ3v) is 3.34. The van der Waals surface area contributed by atoms with Gasteiger partial charge in [0.05, 0.1) is 0 Å². The van der Waals surface area contributed by atoms with Crippen LogP contribution in [0.15, 0.2) is 52.1 Å². The molecule has 0 spiro atoms. The molecule has 0 fully saturated rings. The molecule has 0 amide bonds. The molecule has 1 aromatic carbocycles. The number of nitrogens with zero attached hydrogens (tertiary/aromatic N) is 3. The number of thioether (sulfide) groups is 1. The van der Waals surface area contributed by atoms with E-state index >= 15 is 0 Å². The van der Waals surface area contributed by atoms with E-state index < -0.39 is 0 Å². The van der Waals surface area contributed by atoms with Crippen molar-refractivity contribution in [3.05, 3.63) is 48.5 Å². The van der Waals surface area contributed by atoms with Gasteiger partial charge >= 0.3 is 0 Å². The summed E-state index contributed by atoms with van der Waals surface area (Å²) in [5, 5.41) is 8.98. The Labute approximate surface area is 119 Å². The van der Waals surface area contributed by atoms with Gasteiger partial charge in [0, 0.05) is 5.56 Å². The lowest BCUT2D eigenvalue weighted by molar-refractivity contribution is 0.574. The molecule has 0 N–H and O–H groups in total. The van der Waals surface area contributed by atoms with Gasteiger partial charge < -0.3 is 4.42 Å². The Kier molecular flexibility index (Phi) is 3.47. The maximum atomic E-state index is 12.9. The molecule has 20 heavy (non-hydrogen) atoms. The van der Waals surface area contributed by atoms with Crippen LogP contribution in [0.3, 0.4) is 0 Å². The second-order valence-corrected chi connectivity index (χ2v) is 4.83. The number of rotatable bonds is 3. The van der Waals surface area contributed by atoms with Crippen LogP contribution in [0.1, 0.15) is 0 Å². The molecular formula is C14H10FN3OS. The fraction of sp³-hybridized carbons (Fsp3) is 0.0714. The SMILES string of the molecule is CSc1ccc(-c2coc(-c3ccc(F)cc3)n2)nn1. The number of halogens is 1. The van der Waals surface area contributed by atoms with Crippen LogP contribution < -0.4 is 0 Å². The first-order valence-electron chi connectivity index (χ1n) is 5.86. The summed E-state index contributed by atoms with van der Waals surface area (Å²) in [5.41, 5.74) is 1.95. The van der Waals surface area contributed by atoms with Crippen molar-refractivity contribution >= 4 is 11.8 Å². The largest absolute Gasteiger partial charge is 0.444 e. The Hall–Kier alpha value is -2.21. The average molecular weight is 287 g/mol. The second-order valence-electron chi connectivity index (χ2n) is 4.01. The van der Waals surface area contributed by atoms with Crippen LogP contribution in [-0.4, -0.2) is 21.4 Å². The Morgan fingerprint density at radius 3 is 2.45 bits per heavy atom. The van der Waals surface area contributed by atoms with Crippen molar-refractivity contribution in [3.8, 4) is 22.8 Å². The van der Waals surface area contributed by atoms with Gasteiger partial charge in [0.25, 0.3) is 0 Å². The van der Waals surface area contributed by atoms with Gasteiger partial charge in [0.1, 0.15) is 28.5 Å². The smallest absolute Gasteiger partial charge is 0.226 e. The Bertz CT molecular complexity index is 710. The average Bonchev–Trinajstić information content (AvgIpc) is 2.98. The summed E-state index contributed by atoms with van der Waals surface area (Å²) >= 11 is 1.52. The predicted molar refractivity (Wildman–Crippen MR) is 74.7 cm³/mol. The first kappa shape index (κ1) is 12.8. The normalized spacial score (nSPS) is 10.7. The molecule has 3 aromatic rings. The molecule has 100 valence electrons. The Morgan fingerprint density at radius 1 is 1.00 bits per heavy atom. The molecule has 0 aliphatic carbocycles. The monoisotopic (exact) mass is 287 g/mol. The van der Waals surface area contributed by atoms with Gasteiger partial charge in [-0.15, -0.1) is 22.0 Å². The number of benzene rings is 1. The van der Waals surface area contributed by atoms with Gasteiger partial charge in [-0.3, -0.25) is 0 Å². The second kappa shape index (κ2) is 5.42. The van der Waals surface area contributed by atoms with Crippen molar-refractivity contribution in [1.29, 1.82) is 0 Å². The molecule has 0 atom stereocenters. The molecule has 0 saturated heterocycles. The fourth-order valence-electron chi connectivity index (χ4n) is 1.68. The molecule has 0 radical (unpaired) electrons. The predicted octanol–water partition coefficient (Wildman–Crippen LogP) is 3.66. The van der Waals surface area contributed by atoms with E-state index in [1.54, 1.807) is 12.1 Å². The zero-order valence-electron chi connectivity index (χ0n) is 10.6. The number of hydrogen-bond donors (Lipinski definition) is 0. The molecule has 2 aromatic heterocycles. The van der Waals surface area contributed by atoms with Crippen molar-refractivity contribution in [2.45, 2.75) is 5.03 Å². The summed E-state index contributed by atoms with van der Waals surface area (Å²) in [7, 11) is 0. The lowest BCUT2D eigenvalue weighted by Gasteiger charge is -1.96. The van der Waals surface area contributed by atoms with Crippen LogP contribution in [0.2, 0.25) is 0 Å². The van der Waals surface area contributed by atoms with Crippen LogP contribution in [0.4, 0.5) is 4.39 Å². The molecule has 0 bridgehead atoms. The zero-order chi connectivity index (χ0) is 13.9. The number of aromatic nitrogens is 3. The van der Waals surface area contributed by atoms with E-state index in [4.69, 9.17) is 4.42 Å². The molecule has 0 saturated carbocycles. The molecule has 0 aliphatic rings. The van der Waals surface area contributed by atoms with Crippen molar-refractivity contribution < 1.29 is 8.81 Å². The van der Waals surface area contributed by atoms with Gasteiger partial charge in [0.15, 0.2) is 0 Å². The van der Waals surface area contributed by atoms with E-state index in [9.17, 15) is 4.39 Å². The lowest BCUT2D eigenvalue weighted by Crippen LogP contribution is -1.89. The van der Waals surface area contributed by atoms with Crippen LogP contribution in [0.5, 0.6) is 0 Å². The lowest BCUT2D eigenvalue weighted by atomic mass is 10.2. The Balaban J connectivity index is 1.91. The highest BCUT2D eigenvalue weighted by Gasteiger charge is 2.10. The van der Waals surface area contributed by atoms with Gasteiger partial charge in [-0.25, -0.2) is 9.37 Å². The van der Waals surface area contributed by atoms with Crippen LogP contribution in [-0.2, 0) is 0 Å². The standard InChI is InChI=1S/C14H10FN3OS/c1-20-13-7-6-11(17-18-13)12-8-19-14(16-12)9-2-4-10(15)5-3-9/h2-8H,1H3. The quantitative estimate of drug-likeness (QED) is 0.688. The van der Waals surface area contributed by atoms with Gasteiger partial charge in [-0.2, -0.15) is 0 Å². The summed E-state index contributed by atoms with van der Waals surface area (Å²) in [4.78, 5) is 4.34. The fourth-order valence-corrected chi connectivity index (χ4v) is 2.01. The first-order valence-corrected chi connectivity index (χ1v) is 7.08. The van der Waals surface area contributed by atoms with Crippen molar-refractivity contribution in [3.63, 3.8) is 0 Å². The molecule has 3 rings (SSSR count). The molecule has 6 heteroatoms. The third-order valence-electron chi connectivity index (χ3n) is 2.71. The minimum atomic E-state index is -0.293. The van der Waals surface area contributed by atoms with E-state index in [0.717, 1.165) is 5.03 Å². The first-order chi connectivity index (χ1) is 9.76. The van der Waals surface area contributed by atoms with E-state index in [2.05, 4.69) is 15.2 Å². The van der Waals surface area contributed by atoms with E-state index in [0.29, 0.717) is 22.8 Å². The summed E-state index contributed by atoms with van der Waals surface area (Å²) in [5.74, 6) is 0.134. The van der Waals surface area contributed by atoms with Crippen LogP contribution >= 0.6 is 11.8 Å². The topological polar surface area (TPSA) is 51.8 Å². The molecule has 2 heterocycles. The molecule has 0 unspecified atom stereocenters. The number of oxazole rings is 1. The van der Waals surface area contributed by atoms with Crippen molar-refractivity contribution in [2.24, 2.45) is 0 Å². The molecule has 0 aliphatic heterocycles. The van der Waals surface area contributed by atoms with Gasteiger partial charge in [-0.1, -0.05) is 0 Å². The van der Waals surface area contributed by atoms with Gasteiger partial charge in [0.2, 0.25) is 5.89 Å². The highest BCUT2D eigenvalue weighted by molar-refractivity contribution is 7.98. The maximum Gasteiger partial charge on any atom is 0.226 e. The van der Waals surface area contributed by atoms with Gasteiger partial charge in [-0.05, 0) is 42.7 Å². The molecule has 4 nitrogen and oxygen atoms in total. The third kappa shape index (κ3) is 2.55. The molecular weight excluding hydrogens is 277 g/mol. The summed E-state index contributed by atoms with van der Waals surface area (Å²) in [6.07, 6.45) is 3.45.